The van der Waals surface area contributed by atoms with Crippen LogP contribution in [0, 0.1) is 6.92 Å². The third-order valence-corrected chi connectivity index (χ3v) is 8.51. The third-order valence-electron chi connectivity index (χ3n) is 5.39. The van der Waals surface area contributed by atoms with Gasteiger partial charge in [-0.3, -0.25) is 4.79 Å². The number of hydrogen-bond acceptors (Lipinski definition) is 5. The van der Waals surface area contributed by atoms with Gasteiger partial charge in [0.05, 0.1) is 4.88 Å². The van der Waals surface area contributed by atoms with Crippen molar-refractivity contribution in [3.8, 4) is 0 Å². The zero-order valence-electron chi connectivity index (χ0n) is 16.5. The van der Waals surface area contributed by atoms with E-state index in [0.29, 0.717) is 39.3 Å². The Bertz CT molecular complexity index is 762. The zero-order valence-corrected chi connectivity index (χ0v) is 18.1. The molecule has 2 fully saturated rings. The van der Waals surface area contributed by atoms with Gasteiger partial charge >= 0.3 is 0 Å². The van der Waals surface area contributed by atoms with E-state index in [4.69, 9.17) is 0 Å². The van der Waals surface area contributed by atoms with E-state index in [1.807, 2.05) is 13.1 Å². The van der Waals surface area contributed by atoms with Crippen molar-refractivity contribution in [2.75, 3.05) is 59.4 Å². The normalized spacial score (nSPS) is 20.9. The first kappa shape index (κ1) is 20.7. The molecule has 3 rings (SSSR count). The minimum Gasteiger partial charge on any atom is -0.335 e. The fourth-order valence-corrected chi connectivity index (χ4v) is 6.22. The second kappa shape index (κ2) is 8.57. The number of carbonyl (C=O) groups excluding carboxylic acids is 1. The molecule has 0 radical (unpaired) electrons. The Labute approximate surface area is 166 Å². The minimum atomic E-state index is -3.43. The molecule has 0 atom stereocenters. The number of hydrogen-bond donors (Lipinski definition) is 0. The van der Waals surface area contributed by atoms with E-state index in [0.717, 1.165) is 30.8 Å². The first-order valence-electron chi connectivity index (χ1n) is 9.65. The van der Waals surface area contributed by atoms with Gasteiger partial charge in [-0.15, -0.1) is 11.3 Å². The molecule has 0 aliphatic carbocycles. The van der Waals surface area contributed by atoms with Crippen LogP contribution in [0.2, 0.25) is 0 Å². The topological polar surface area (TPSA) is 64.2 Å². The molecule has 1 aromatic rings. The Balaban J connectivity index is 1.59. The maximum atomic E-state index is 12.8. The number of likely N-dealkylation sites (N-methyl/N-ethyl adjacent to an activating group) is 1. The van der Waals surface area contributed by atoms with Crippen LogP contribution in [0.5, 0.6) is 0 Å². The molecule has 7 nitrogen and oxygen atoms in total. The summed E-state index contributed by atoms with van der Waals surface area (Å²) in [6.45, 7) is 8.42. The van der Waals surface area contributed by atoms with Crippen LogP contribution in [0.15, 0.2) is 6.07 Å². The lowest BCUT2D eigenvalue weighted by molar-refractivity contribution is 0.0697. The van der Waals surface area contributed by atoms with Gasteiger partial charge in [0, 0.05) is 57.2 Å². The Morgan fingerprint density at radius 2 is 1.59 bits per heavy atom. The summed E-state index contributed by atoms with van der Waals surface area (Å²) >= 11 is 1.55. The van der Waals surface area contributed by atoms with Crippen LogP contribution in [-0.4, -0.2) is 92.1 Å². The van der Waals surface area contributed by atoms with E-state index >= 15 is 0 Å². The molecule has 1 aromatic heterocycles. The van der Waals surface area contributed by atoms with Crippen molar-refractivity contribution in [2.45, 2.75) is 26.7 Å². The Kier molecular flexibility index (Phi) is 6.58. The van der Waals surface area contributed by atoms with Crippen LogP contribution in [0.1, 0.15) is 33.5 Å². The summed E-state index contributed by atoms with van der Waals surface area (Å²) in [7, 11) is -1.42. The summed E-state index contributed by atoms with van der Waals surface area (Å²) < 4.78 is 28.8. The number of rotatable bonds is 5. The molecular formula is C18H30N4O3S2. The molecule has 0 N–H and O–H groups in total. The van der Waals surface area contributed by atoms with Crippen LogP contribution in [-0.2, 0) is 16.6 Å². The van der Waals surface area contributed by atoms with Crippen molar-refractivity contribution in [1.82, 2.24) is 18.4 Å². The number of carbonyl (C=O) groups is 1. The molecule has 0 spiro atoms. The quantitative estimate of drug-likeness (QED) is 0.728. The Hall–Kier alpha value is -1.00. The second-order valence-corrected chi connectivity index (χ2v) is 10.5. The SMILES string of the molecule is CCCc1cc(C(=O)N2CCN(S(=O)(=O)N3CCN(C)CC3)CC2)sc1C. The molecule has 0 bridgehead atoms. The number of piperazine rings is 2. The van der Waals surface area contributed by atoms with Gasteiger partial charge in [0.25, 0.3) is 16.1 Å². The van der Waals surface area contributed by atoms with Gasteiger partial charge in [-0.25, -0.2) is 0 Å². The standard InChI is InChI=1S/C18H30N4O3S2/c1-4-5-16-14-17(26-15(16)2)18(23)20-8-12-22(13-9-20)27(24,25)21-10-6-19(3)7-11-21/h14H,4-13H2,1-3H3. The fourth-order valence-electron chi connectivity index (χ4n) is 3.60. The van der Waals surface area contributed by atoms with E-state index in [-0.39, 0.29) is 5.91 Å². The number of nitrogens with zero attached hydrogens (tertiary/aromatic N) is 4. The van der Waals surface area contributed by atoms with Gasteiger partial charge in [-0.1, -0.05) is 13.3 Å². The van der Waals surface area contributed by atoms with Gasteiger partial charge < -0.3 is 9.80 Å². The van der Waals surface area contributed by atoms with Crippen LogP contribution >= 0.6 is 11.3 Å². The lowest BCUT2D eigenvalue weighted by Gasteiger charge is -2.39. The Morgan fingerprint density at radius 1 is 1.04 bits per heavy atom. The van der Waals surface area contributed by atoms with Gasteiger partial charge in [-0.2, -0.15) is 17.0 Å². The first-order valence-corrected chi connectivity index (χ1v) is 11.9. The summed E-state index contributed by atoms with van der Waals surface area (Å²) in [4.78, 5) is 18.7. The van der Waals surface area contributed by atoms with E-state index in [9.17, 15) is 13.2 Å². The minimum absolute atomic E-state index is 0.0297. The Morgan fingerprint density at radius 3 is 2.15 bits per heavy atom. The largest absolute Gasteiger partial charge is 0.335 e. The van der Waals surface area contributed by atoms with Crippen molar-refractivity contribution in [3.63, 3.8) is 0 Å². The van der Waals surface area contributed by atoms with Crippen molar-refractivity contribution < 1.29 is 13.2 Å². The van der Waals surface area contributed by atoms with E-state index in [1.54, 1.807) is 20.5 Å². The molecular weight excluding hydrogens is 384 g/mol. The average Bonchev–Trinajstić information content (AvgIpc) is 3.02. The molecule has 152 valence electrons. The monoisotopic (exact) mass is 414 g/mol. The predicted molar refractivity (Wildman–Crippen MR) is 109 cm³/mol. The molecule has 27 heavy (non-hydrogen) atoms. The highest BCUT2D eigenvalue weighted by molar-refractivity contribution is 7.86. The van der Waals surface area contributed by atoms with Crippen molar-refractivity contribution in [3.05, 3.63) is 21.4 Å². The summed E-state index contributed by atoms with van der Waals surface area (Å²) in [5, 5.41) is 0. The highest BCUT2D eigenvalue weighted by Gasteiger charge is 2.35. The van der Waals surface area contributed by atoms with Crippen molar-refractivity contribution in [1.29, 1.82) is 0 Å². The lowest BCUT2D eigenvalue weighted by atomic mass is 10.1. The molecule has 0 aromatic carbocycles. The van der Waals surface area contributed by atoms with Crippen LogP contribution in [0.3, 0.4) is 0 Å². The molecule has 0 unspecified atom stereocenters. The smallest absolute Gasteiger partial charge is 0.282 e. The van der Waals surface area contributed by atoms with Crippen molar-refractivity contribution >= 4 is 27.5 Å². The lowest BCUT2D eigenvalue weighted by Crippen LogP contribution is -2.57. The molecule has 2 aliphatic heterocycles. The summed E-state index contributed by atoms with van der Waals surface area (Å²) in [6.07, 6.45) is 2.06. The van der Waals surface area contributed by atoms with E-state index in [1.165, 1.54) is 14.7 Å². The third kappa shape index (κ3) is 4.54. The van der Waals surface area contributed by atoms with Crippen LogP contribution < -0.4 is 0 Å². The van der Waals surface area contributed by atoms with Crippen LogP contribution in [0.4, 0.5) is 0 Å². The summed E-state index contributed by atoms with van der Waals surface area (Å²) in [6, 6.07) is 2.01. The van der Waals surface area contributed by atoms with Gasteiger partial charge in [0.2, 0.25) is 0 Å². The maximum absolute atomic E-state index is 12.8. The molecule has 1 amide bonds. The number of thiophene rings is 1. The zero-order chi connectivity index (χ0) is 19.6. The van der Waals surface area contributed by atoms with Gasteiger partial charge in [0.15, 0.2) is 0 Å². The number of amides is 1. The molecule has 0 saturated carbocycles. The summed E-state index contributed by atoms with van der Waals surface area (Å²) in [5.41, 5.74) is 1.25. The van der Waals surface area contributed by atoms with Gasteiger partial charge in [-0.05, 0) is 32.0 Å². The molecule has 2 saturated heterocycles. The highest BCUT2D eigenvalue weighted by atomic mass is 32.2. The average molecular weight is 415 g/mol. The first-order chi connectivity index (χ1) is 12.8. The van der Waals surface area contributed by atoms with E-state index in [2.05, 4.69) is 18.7 Å². The predicted octanol–water partition coefficient (Wildman–Crippen LogP) is 1.26. The van der Waals surface area contributed by atoms with Gasteiger partial charge in [0.1, 0.15) is 0 Å². The maximum Gasteiger partial charge on any atom is 0.282 e. The van der Waals surface area contributed by atoms with E-state index < -0.39 is 10.2 Å². The van der Waals surface area contributed by atoms with Crippen LogP contribution in [0.25, 0.3) is 0 Å². The van der Waals surface area contributed by atoms with Crippen molar-refractivity contribution in [2.24, 2.45) is 0 Å². The molecule has 9 heteroatoms. The second-order valence-electron chi connectivity index (χ2n) is 7.34. The molecule has 3 heterocycles. The highest BCUT2D eigenvalue weighted by Crippen LogP contribution is 2.25. The summed E-state index contributed by atoms with van der Waals surface area (Å²) in [5.74, 6) is 0.0297. The molecule has 2 aliphatic rings. The number of aryl methyl sites for hydroxylation is 2. The fraction of sp³-hybridized carbons (Fsp3) is 0.722.